The Morgan fingerprint density at radius 3 is 2.52 bits per heavy atom. The molecular formula is C15H17NO4S. The van der Waals surface area contributed by atoms with Crippen LogP contribution in [0.4, 0.5) is 0 Å². The van der Waals surface area contributed by atoms with E-state index in [1.165, 1.54) is 17.0 Å². The van der Waals surface area contributed by atoms with Crippen LogP contribution >= 0.6 is 0 Å². The number of rotatable bonds is 4. The maximum atomic E-state index is 12.4. The third-order valence-electron chi connectivity index (χ3n) is 3.37. The summed E-state index contributed by atoms with van der Waals surface area (Å²) in [7, 11) is -1.68. The molecule has 0 aliphatic heterocycles. The molecule has 1 unspecified atom stereocenters. The van der Waals surface area contributed by atoms with Gasteiger partial charge >= 0.3 is 0 Å². The molecule has 21 heavy (non-hydrogen) atoms. The van der Waals surface area contributed by atoms with Gasteiger partial charge < -0.3 is 9.32 Å². The molecule has 2 rings (SSSR count). The quantitative estimate of drug-likeness (QED) is 0.870. The first-order valence-corrected chi connectivity index (χ1v) is 8.30. The topological polar surface area (TPSA) is 67.6 Å². The van der Waals surface area contributed by atoms with Gasteiger partial charge in [0.25, 0.3) is 5.91 Å². The van der Waals surface area contributed by atoms with Crippen LogP contribution in [-0.2, 0) is 9.84 Å². The highest BCUT2D eigenvalue weighted by molar-refractivity contribution is 7.90. The van der Waals surface area contributed by atoms with Gasteiger partial charge in [0, 0.05) is 18.9 Å². The smallest absolute Gasteiger partial charge is 0.254 e. The molecule has 0 bridgehead atoms. The Labute approximate surface area is 124 Å². The molecule has 1 aromatic heterocycles. The van der Waals surface area contributed by atoms with Crippen molar-refractivity contribution in [3.05, 3.63) is 54.0 Å². The number of carbonyl (C=O) groups is 1. The van der Waals surface area contributed by atoms with E-state index in [4.69, 9.17) is 4.42 Å². The van der Waals surface area contributed by atoms with Crippen LogP contribution in [0.25, 0.3) is 0 Å². The van der Waals surface area contributed by atoms with Crippen molar-refractivity contribution >= 4 is 15.7 Å². The predicted octanol–water partition coefficient (Wildman–Crippen LogP) is 2.52. The molecule has 1 heterocycles. The summed E-state index contributed by atoms with van der Waals surface area (Å²) in [5.74, 6) is 0.412. The number of benzene rings is 1. The largest absolute Gasteiger partial charge is 0.467 e. The van der Waals surface area contributed by atoms with Crippen molar-refractivity contribution in [1.82, 2.24) is 4.90 Å². The van der Waals surface area contributed by atoms with E-state index in [0.29, 0.717) is 11.3 Å². The minimum atomic E-state index is -3.34. The lowest BCUT2D eigenvalue weighted by atomic mass is 10.1. The predicted molar refractivity (Wildman–Crippen MR) is 78.8 cm³/mol. The van der Waals surface area contributed by atoms with E-state index in [9.17, 15) is 13.2 Å². The average molecular weight is 307 g/mol. The summed E-state index contributed by atoms with van der Waals surface area (Å²) in [6.07, 6.45) is 2.67. The highest BCUT2D eigenvalue weighted by Crippen LogP contribution is 2.22. The first-order chi connectivity index (χ1) is 9.80. The highest BCUT2D eigenvalue weighted by atomic mass is 32.2. The number of furan rings is 1. The fourth-order valence-electron chi connectivity index (χ4n) is 1.96. The second-order valence-corrected chi connectivity index (χ2v) is 6.92. The molecule has 6 heteroatoms. The van der Waals surface area contributed by atoms with Crippen molar-refractivity contribution in [2.45, 2.75) is 17.9 Å². The van der Waals surface area contributed by atoms with E-state index >= 15 is 0 Å². The van der Waals surface area contributed by atoms with E-state index in [0.717, 1.165) is 6.26 Å². The first-order valence-electron chi connectivity index (χ1n) is 6.41. The van der Waals surface area contributed by atoms with Crippen molar-refractivity contribution < 1.29 is 17.6 Å². The molecule has 0 saturated carbocycles. The van der Waals surface area contributed by atoms with E-state index in [1.807, 2.05) is 6.92 Å². The Morgan fingerprint density at radius 2 is 1.95 bits per heavy atom. The summed E-state index contributed by atoms with van der Waals surface area (Å²) in [4.78, 5) is 14.1. The molecule has 0 N–H and O–H groups in total. The molecule has 1 atom stereocenters. The van der Waals surface area contributed by atoms with E-state index < -0.39 is 9.84 Å². The summed E-state index contributed by atoms with van der Waals surface area (Å²) in [5, 5.41) is 0. The fraction of sp³-hybridized carbons (Fsp3) is 0.267. The van der Waals surface area contributed by atoms with Crippen LogP contribution in [0, 0.1) is 0 Å². The summed E-state index contributed by atoms with van der Waals surface area (Å²) in [6.45, 7) is 1.84. The zero-order valence-electron chi connectivity index (χ0n) is 12.1. The standard InChI is InChI=1S/C15H17NO4S/c1-11(14-8-5-9-20-14)16(2)15(17)12-6-4-7-13(10-12)21(3,18)19/h4-11H,1-3H3. The average Bonchev–Trinajstić information content (AvgIpc) is 2.98. The summed E-state index contributed by atoms with van der Waals surface area (Å²) < 4.78 is 28.4. The summed E-state index contributed by atoms with van der Waals surface area (Å²) in [5.41, 5.74) is 0.332. The third kappa shape index (κ3) is 3.33. The number of nitrogens with zero attached hydrogens (tertiary/aromatic N) is 1. The summed E-state index contributed by atoms with van der Waals surface area (Å²) >= 11 is 0. The van der Waals surface area contributed by atoms with Crippen molar-refractivity contribution in [3.63, 3.8) is 0 Å². The van der Waals surface area contributed by atoms with Gasteiger partial charge in [0.1, 0.15) is 5.76 Å². The van der Waals surface area contributed by atoms with Gasteiger partial charge in [-0.1, -0.05) is 6.07 Å². The number of carbonyl (C=O) groups excluding carboxylic acids is 1. The van der Waals surface area contributed by atoms with Gasteiger partial charge in [-0.2, -0.15) is 0 Å². The molecule has 0 saturated heterocycles. The van der Waals surface area contributed by atoms with Crippen LogP contribution in [-0.4, -0.2) is 32.5 Å². The van der Waals surface area contributed by atoms with Gasteiger partial charge in [-0.15, -0.1) is 0 Å². The van der Waals surface area contributed by atoms with Crippen molar-refractivity contribution in [3.8, 4) is 0 Å². The van der Waals surface area contributed by atoms with Crippen LogP contribution in [0.2, 0.25) is 0 Å². The van der Waals surface area contributed by atoms with Crippen LogP contribution in [0.3, 0.4) is 0 Å². The molecule has 0 aliphatic carbocycles. The Balaban J connectivity index is 2.28. The number of hydrogen-bond acceptors (Lipinski definition) is 4. The van der Waals surface area contributed by atoms with Gasteiger partial charge in [0.2, 0.25) is 0 Å². The third-order valence-corrected chi connectivity index (χ3v) is 4.48. The zero-order chi connectivity index (χ0) is 15.6. The van der Waals surface area contributed by atoms with Gasteiger partial charge in [0.05, 0.1) is 17.2 Å². The minimum Gasteiger partial charge on any atom is -0.467 e. The second kappa shape index (κ2) is 5.73. The Bertz CT molecular complexity index is 735. The highest BCUT2D eigenvalue weighted by Gasteiger charge is 2.21. The summed E-state index contributed by atoms with van der Waals surface area (Å²) in [6, 6.07) is 9.34. The van der Waals surface area contributed by atoms with Gasteiger partial charge in [0.15, 0.2) is 9.84 Å². The van der Waals surface area contributed by atoms with Gasteiger partial charge in [-0.05, 0) is 37.3 Å². The van der Waals surface area contributed by atoms with Crippen molar-refractivity contribution in [2.75, 3.05) is 13.3 Å². The molecule has 112 valence electrons. The van der Waals surface area contributed by atoms with Crippen molar-refractivity contribution in [2.24, 2.45) is 0 Å². The number of amides is 1. The van der Waals surface area contributed by atoms with Gasteiger partial charge in [-0.25, -0.2) is 8.42 Å². The second-order valence-electron chi connectivity index (χ2n) is 4.91. The lowest BCUT2D eigenvalue weighted by Gasteiger charge is -2.23. The number of hydrogen-bond donors (Lipinski definition) is 0. The first kappa shape index (κ1) is 15.3. The fourth-order valence-corrected chi connectivity index (χ4v) is 2.63. The Hall–Kier alpha value is -2.08. The normalized spacial score (nSPS) is 12.9. The van der Waals surface area contributed by atoms with E-state index in [-0.39, 0.29) is 16.8 Å². The van der Waals surface area contributed by atoms with Gasteiger partial charge in [-0.3, -0.25) is 4.79 Å². The molecule has 1 aromatic carbocycles. The zero-order valence-corrected chi connectivity index (χ0v) is 12.9. The lowest BCUT2D eigenvalue weighted by molar-refractivity contribution is 0.0726. The molecule has 0 spiro atoms. The van der Waals surface area contributed by atoms with Crippen molar-refractivity contribution in [1.29, 1.82) is 0 Å². The molecule has 2 aromatic rings. The van der Waals surface area contributed by atoms with Crippen LogP contribution in [0.1, 0.15) is 29.1 Å². The Morgan fingerprint density at radius 1 is 1.24 bits per heavy atom. The molecular weight excluding hydrogens is 290 g/mol. The van der Waals surface area contributed by atoms with Crippen LogP contribution in [0.5, 0.6) is 0 Å². The molecule has 0 fully saturated rings. The molecule has 1 amide bonds. The minimum absolute atomic E-state index is 0.132. The maximum Gasteiger partial charge on any atom is 0.254 e. The number of sulfone groups is 1. The van der Waals surface area contributed by atoms with E-state index in [2.05, 4.69) is 0 Å². The van der Waals surface area contributed by atoms with Crippen LogP contribution in [0.15, 0.2) is 52.0 Å². The maximum absolute atomic E-state index is 12.4. The molecule has 0 radical (unpaired) electrons. The molecule has 5 nitrogen and oxygen atoms in total. The monoisotopic (exact) mass is 307 g/mol. The lowest BCUT2D eigenvalue weighted by Crippen LogP contribution is -2.29. The SMILES string of the molecule is CC(c1ccco1)N(C)C(=O)c1cccc(S(C)(=O)=O)c1. The van der Waals surface area contributed by atoms with Crippen LogP contribution < -0.4 is 0 Å². The molecule has 0 aliphatic rings. The van der Waals surface area contributed by atoms with E-state index in [1.54, 1.807) is 37.6 Å². The Kier molecular flexibility index (Phi) is 4.18.